The fraction of sp³-hybridized carbons (Fsp3) is 0.229. The highest BCUT2D eigenvalue weighted by Crippen LogP contribution is 2.47. The van der Waals surface area contributed by atoms with E-state index in [2.05, 4.69) is 108 Å². The van der Waals surface area contributed by atoms with Crippen molar-refractivity contribution >= 4 is 10.9 Å². The molecule has 3 aliphatic heterocycles. The topological polar surface area (TPSA) is 33.1 Å². The molecule has 3 fully saturated rings. The Hall–Kier alpha value is -3.79. The van der Waals surface area contributed by atoms with E-state index in [1.807, 2.05) is 12.3 Å². The van der Waals surface area contributed by atoms with Gasteiger partial charge in [-0.15, -0.1) is 0 Å². The van der Waals surface area contributed by atoms with E-state index in [0.29, 0.717) is 5.92 Å². The van der Waals surface area contributed by atoms with E-state index in [1.165, 1.54) is 27.8 Å². The van der Waals surface area contributed by atoms with Gasteiger partial charge < -0.3 is 9.59 Å². The molecule has 5 aromatic rings. The summed E-state index contributed by atoms with van der Waals surface area (Å²) in [5, 5.41) is 13.3. The molecule has 3 heteroatoms. The first-order valence-electron chi connectivity index (χ1n) is 13.8. The van der Waals surface area contributed by atoms with E-state index in [-0.39, 0.29) is 0 Å². The van der Waals surface area contributed by atoms with E-state index < -0.39 is 5.60 Å². The van der Waals surface area contributed by atoms with Gasteiger partial charge in [-0.1, -0.05) is 91.0 Å². The summed E-state index contributed by atoms with van der Waals surface area (Å²) in [6.07, 6.45) is 4.00. The molecule has 0 aliphatic carbocycles. The van der Waals surface area contributed by atoms with Crippen molar-refractivity contribution in [3.8, 4) is 22.3 Å². The molecule has 1 atom stereocenters. The Kier molecular flexibility index (Phi) is 5.65. The summed E-state index contributed by atoms with van der Waals surface area (Å²) >= 11 is 0. The molecule has 3 nitrogen and oxygen atoms in total. The van der Waals surface area contributed by atoms with Gasteiger partial charge in [-0.05, 0) is 46.0 Å². The lowest BCUT2D eigenvalue weighted by Gasteiger charge is -2.56. The molecule has 4 heterocycles. The number of aliphatic hydroxyl groups is 1. The average Bonchev–Trinajstić information content (AvgIpc) is 2.98. The third kappa shape index (κ3) is 4.13. The Morgan fingerprint density at radius 2 is 1.37 bits per heavy atom. The SMILES string of the molecule is O[C@]1(c2ccc(-c3ccc4ncccc4c3)cc2)C[N+]2(Cc3ccc(-c4ccccc4)cc3)CCC1CC2. The summed E-state index contributed by atoms with van der Waals surface area (Å²) < 4.78 is 0.969. The molecule has 2 bridgehead atoms. The zero-order valence-electron chi connectivity index (χ0n) is 21.6. The van der Waals surface area contributed by atoms with Crippen LogP contribution >= 0.6 is 0 Å². The standard InChI is InChI=1S/C35H33N2O/c38-35(32-15-12-29(13-16-32)30-14-17-34-31(23-30)7-4-20-36-34)25-37(21-18-33(35)19-22-37)24-26-8-10-28(11-9-26)27-5-2-1-3-6-27/h1-17,20,23,33,38H,18-19,21-22,24-25H2/q+1/t33?,35-,37?/m0/s1. The van der Waals surface area contributed by atoms with Gasteiger partial charge in [-0.2, -0.15) is 0 Å². The first-order chi connectivity index (χ1) is 18.6. The minimum atomic E-state index is -0.772. The predicted octanol–water partition coefficient (Wildman–Crippen LogP) is 7.20. The summed E-state index contributed by atoms with van der Waals surface area (Å²) in [5.41, 5.74) is 7.52. The third-order valence-electron chi connectivity index (χ3n) is 9.06. The highest BCUT2D eigenvalue weighted by Gasteiger charge is 2.55. The smallest absolute Gasteiger partial charge is 0.141 e. The zero-order chi connectivity index (χ0) is 25.6. The summed E-state index contributed by atoms with van der Waals surface area (Å²) in [7, 11) is 0. The lowest BCUT2D eigenvalue weighted by molar-refractivity contribution is -0.964. The normalized spacial score (nSPS) is 24.5. The molecule has 3 aliphatic rings. The van der Waals surface area contributed by atoms with E-state index in [1.54, 1.807) is 0 Å². The van der Waals surface area contributed by atoms with Crippen LogP contribution < -0.4 is 0 Å². The van der Waals surface area contributed by atoms with Gasteiger partial charge in [0.1, 0.15) is 18.7 Å². The van der Waals surface area contributed by atoms with Crippen LogP contribution in [0.1, 0.15) is 24.0 Å². The first-order valence-corrected chi connectivity index (χ1v) is 13.8. The quantitative estimate of drug-likeness (QED) is 0.261. The second kappa shape index (κ2) is 9.20. The summed E-state index contributed by atoms with van der Waals surface area (Å²) in [6.45, 7) is 4.07. The highest BCUT2D eigenvalue weighted by molar-refractivity contribution is 5.84. The summed E-state index contributed by atoms with van der Waals surface area (Å²) in [5.74, 6) is 0.334. The zero-order valence-corrected chi connectivity index (χ0v) is 21.6. The van der Waals surface area contributed by atoms with Gasteiger partial charge in [-0.25, -0.2) is 0 Å². The van der Waals surface area contributed by atoms with Crippen molar-refractivity contribution in [3.63, 3.8) is 0 Å². The first kappa shape index (κ1) is 23.3. The minimum absolute atomic E-state index is 0.334. The number of quaternary nitrogens is 1. The lowest BCUT2D eigenvalue weighted by Crippen LogP contribution is -2.67. The molecular weight excluding hydrogens is 464 g/mol. The van der Waals surface area contributed by atoms with Gasteiger partial charge in [-0.3, -0.25) is 4.98 Å². The van der Waals surface area contributed by atoms with E-state index in [9.17, 15) is 5.11 Å². The second-order valence-corrected chi connectivity index (χ2v) is 11.4. The van der Waals surface area contributed by atoms with Crippen LogP contribution in [0.25, 0.3) is 33.2 Å². The molecule has 1 N–H and O–H groups in total. The number of nitrogens with zero attached hydrogens (tertiary/aromatic N) is 2. The molecule has 0 saturated carbocycles. The van der Waals surface area contributed by atoms with Gasteiger partial charge in [0.15, 0.2) is 0 Å². The molecule has 1 aromatic heterocycles. The van der Waals surface area contributed by atoms with Crippen LogP contribution in [-0.2, 0) is 12.1 Å². The number of hydrogen-bond donors (Lipinski definition) is 1. The summed E-state index contributed by atoms with van der Waals surface area (Å²) in [6, 6.07) is 38.8. The van der Waals surface area contributed by atoms with Crippen molar-refractivity contribution in [1.82, 2.24) is 4.98 Å². The average molecular weight is 498 g/mol. The van der Waals surface area contributed by atoms with Crippen molar-refractivity contribution in [2.75, 3.05) is 19.6 Å². The number of piperidine rings is 3. The monoisotopic (exact) mass is 497 g/mol. The summed E-state index contributed by atoms with van der Waals surface area (Å²) in [4.78, 5) is 4.44. The number of rotatable bonds is 5. The maximum absolute atomic E-state index is 12.1. The van der Waals surface area contributed by atoms with E-state index >= 15 is 0 Å². The van der Waals surface area contributed by atoms with Crippen molar-refractivity contribution in [2.45, 2.75) is 25.0 Å². The number of pyridine rings is 1. The van der Waals surface area contributed by atoms with Crippen LogP contribution in [-0.4, -0.2) is 34.2 Å². The number of hydrogen-bond acceptors (Lipinski definition) is 2. The van der Waals surface area contributed by atoms with Gasteiger partial charge in [0, 0.05) is 35.9 Å². The Labute approximate surface area is 224 Å². The van der Waals surface area contributed by atoms with Crippen LogP contribution in [0.15, 0.2) is 115 Å². The van der Waals surface area contributed by atoms with Crippen molar-refractivity contribution in [2.24, 2.45) is 5.92 Å². The van der Waals surface area contributed by atoms with E-state index in [4.69, 9.17) is 0 Å². The maximum atomic E-state index is 12.1. The highest BCUT2D eigenvalue weighted by atomic mass is 16.3. The van der Waals surface area contributed by atoms with Gasteiger partial charge >= 0.3 is 0 Å². The fourth-order valence-electron chi connectivity index (χ4n) is 6.96. The second-order valence-electron chi connectivity index (χ2n) is 11.4. The fourth-order valence-corrected chi connectivity index (χ4v) is 6.96. The van der Waals surface area contributed by atoms with Crippen LogP contribution in [0, 0.1) is 5.92 Å². The molecule has 0 unspecified atom stereocenters. The Morgan fingerprint density at radius 1 is 0.711 bits per heavy atom. The Bertz CT molecular complexity index is 1570. The largest absolute Gasteiger partial charge is 0.379 e. The molecule has 3 saturated heterocycles. The molecule has 0 spiro atoms. The third-order valence-corrected chi connectivity index (χ3v) is 9.06. The molecule has 0 amide bonds. The molecule has 38 heavy (non-hydrogen) atoms. The van der Waals surface area contributed by atoms with Gasteiger partial charge in [0.2, 0.25) is 0 Å². The van der Waals surface area contributed by atoms with Crippen LogP contribution in [0.4, 0.5) is 0 Å². The Balaban J connectivity index is 1.12. The lowest BCUT2D eigenvalue weighted by atomic mass is 9.70. The van der Waals surface area contributed by atoms with Crippen molar-refractivity contribution < 1.29 is 9.59 Å². The van der Waals surface area contributed by atoms with Gasteiger partial charge in [0.25, 0.3) is 0 Å². The number of benzene rings is 4. The number of aromatic nitrogens is 1. The van der Waals surface area contributed by atoms with E-state index in [0.717, 1.165) is 60.0 Å². The van der Waals surface area contributed by atoms with Crippen molar-refractivity contribution in [1.29, 1.82) is 0 Å². The Morgan fingerprint density at radius 3 is 2.13 bits per heavy atom. The minimum Gasteiger partial charge on any atom is -0.379 e. The molecule has 4 aromatic carbocycles. The molecular formula is C35H33N2O+. The molecule has 0 radical (unpaired) electrons. The molecule has 188 valence electrons. The van der Waals surface area contributed by atoms with Crippen LogP contribution in [0.5, 0.6) is 0 Å². The molecule has 8 rings (SSSR count). The van der Waals surface area contributed by atoms with Crippen LogP contribution in [0.2, 0.25) is 0 Å². The van der Waals surface area contributed by atoms with Crippen LogP contribution in [0.3, 0.4) is 0 Å². The van der Waals surface area contributed by atoms with Crippen molar-refractivity contribution in [3.05, 3.63) is 127 Å². The van der Waals surface area contributed by atoms with Gasteiger partial charge in [0.05, 0.1) is 18.6 Å². The number of fused-ring (bicyclic) bond motifs is 4. The predicted molar refractivity (Wildman–Crippen MR) is 154 cm³/mol. The maximum Gasteiger partial charge on any atom is 0.141 e.